The van der Waals surface area contributed by atoms with Crippen LogP contribution in [0.25, 0.3) is 0 Å². The standard InChI is InChI=1S/C12H19IO5/c1-11(2)15-7-6(5-13)14-10-9(8(7)16-11)17-12(3,4)18-10/h6-10H,5H2,1-4H3/t6-,7+,8+,9-,10?/m1/s1. The molecule has 0 aromatic carbocycles. The highest BCUT2D eigenvalue weighted by Crippen LogP contribution is 2.44. The minimum atomic E-state index is -0.629. The molecule has 0 aromatic heterocycles. The van der Waals surface area contributed by atoms with Crippen molar-refractivity contribution in [2.45, 2.75) is 70.0 Å². The van der Waals surface area contributed by atoms with E-state index in [4.69, 9.17) is 23.7 Å². The highest BCUT2D eigenvalue weighted by Gasteiger charge is 2.60. The van der Waals surface area contributed by atoms with Crippen LogP contribution >= 0.6 is 22.6 Å². The molecule has 0 N–H and O–H groups in total. The van der Waals surface area contributed by atoms with E-state index in [0.717, 1.165) is 4.43 Å². The quantitative estimate of drug-likeness (QED) is 0.521. The van der Waals surface area contributed by atoms with E-state index in [0.29, 0.717) is 0 Å². The Kier molecular flexibility index (Phi) is 3.20. The minimum Gasteiger partial charge on any atom is -0.343 e. The first-order chi connectivity index (χ1) is 8.31. The maximum Gasteiger partial charge on any atom is 0.190 e. The van der Waals surface area contributed by atoms with Gasteiger partial charge in [-0.15, -0.1) is 0 Å². The van der Waals surface area contributed by atoms with Crippen molar-refractivity contribution in [2.75, 3.05) is 4.43 Å². The highest BCUT2D eigenvalue weighted by molar-refractivity contribution is 14.1. The molecule has 104 valence electrons. The van der Waals surface area contributed by atoms with E-state index in [9.17, 15) is 0 Å². The van der Waals surface area contributed by atoms with E-state index in [2.05, 4.69) is 22.6 Å². The number of hydrogen-bond acceptors (Lipinski definition) is 5. The molecule has 5 nitrogen and oxygen atoms in total. The summed E-state index contributed by atoms with van der Waals surface area (Å²) in [6.45, 7) is 7.63. The van der Waals surface area contributed by atoms with Crippen LogP contribution < -0.4 is 0 Å². The summed E-state index contributed by atoms with van der Waals surface area (Å²) in [5, 5.41) is 0. The van der Waals surface area contributed by atoms with Gasteiger partial charge in [0.1, 0.15) is 18.3 Å². The number of fused-ring (bicyclic) bond motifs is 3. The van der Waals surface area contributed by atoms with Gasteiger partial charge in [-0.2, -0.15) is 0 Å². The van der Waals surface area contributed by atoms with Crippen LogP contribution in [0.4, 0.5) is 0 Å². The van der Waals surface area contributed by atoms with Crippen LogP contribution in [0, 0.1) is 0 Å². The third-order valence-electron chi connectivity index (χ3n) is 3.40. The lowest BCUT2D eigenvalue weighted by molar-refractivity contribution is -0.227. The smallest absolute Gasteiger partial charge is 0.190 e. The van der Waals surface area contributed by atoms with E-state index < -0.39 is 11.6 Å². The molecular weight excluding hydrogens is 351 g/mol. The van der Waals surface area contributed by atoms with E-state index in [1.807, 2.05) is 27.7 Å². The molecule has 0 aliphatic carbocycles. The third-order valence-corrected chi connectivity index (χ3v) is 4.27. The molecule has 1 unspecified atom stereocenters. The zero-order valence-corrected chi connectivity index (χ0v) is 13.2. The van der Waals surface area contributed by atoms with Crippen LogP contribution in [-0.2, 0) is 23.7 Å². The Morgan fingerprint density at radius 3 is 2.06 bits per heavy atom. The molecule has 5 atom stereocenters. The molecular formula is C12H19IO5. The Bertz CT molecular complexity index is 345. The van der Waals surface area contributed by atoms with Gasteiger partial charge in [-0.25, -0.2) is 0 Å². The predicted octanol–water partition coefficient (Wildman–Crippen LogP) is 1.82. The number of halogens is 1. The normalized spacial score (nSPS) is 48.8. The van der Waals surface area contributed by atoms with E-state index in [1.165, 1.54) is 0 Å². The van der Waals surface area contributed by atoms with Crippen molar-refractivity contribution in [3.8, 4) is 0 Å². The summed E-state index contributed by atoms with van der Waals surface area (Å²) in [6, 6.07) is 0. The summed E-state index contributed by atoms with van der Waals surface area (Å²) in [6.07, 6.45) is -0.809. The molecule has 0 saturated carbocycles. The van der Waals surface area contributed by atoms with Gasteiger partial charge < -0.3 is 23.7 Å². The average molecular weight is 370 g/mol. The van der Waals surface area contributed by atoms with Gasteiger partial charge in [-0.1, -0.05) is 22.6 Å². The fourth-order valence-electron chi connectivity index (χ4n) is 2.82. The Balaban J connectivity index is 1.86. The summed E-state index contributed by atoms with van der Waals surface area (Å²) in [5.41, 5.74) is 0. The molecule has 3 heterocycles. The fourth-order valence-corrected chi connectivity index (χ4v) is 3.53. The summed E-state index contributed by atoms with van der Waals surface area (Å²) in [5.74, 6) is -1.22. The van der Waals surface area contributed by atoms with Crippen molar-refractivity contribution in [1.82, 2.24) is 0 Å². The summed E-state index contributed by atoms with van der Waals surface area (Å²) >= 11 is 2.30. The van der Waals surface area contributed by atoms with Crippen LogP contribution in [-0.4, -0.2) is 46.7 Å². The van der Waals surface area contributed by atoms with Crippen molar-refractivity contribution in [3.63, 3.8) is 0 Å². The minimum absolute atomic E-state index is 0.0175. The first-order valence-corrected chi connectivity index (χ1v) is 7.77. The number of hydrogen-bond donors (Lipinski definition) is 0. The lowest BCUT2D eigenvalue weighted by Gasteiger charge is -2.36. The molecule has 0 aromatic rings. The molecule has 0 bridgehead atoms. The lowest BCUT2D eigenvalue weighted by Crippen LogP contribution is -2.55. The second kappa shape index (κ2) is 4.26. The zero-order valence-electron chi connectivity index (χ0n) is 11.0. The van der Waals surface area contributed by atoms with Gasteiger partial charge in [-0.3, -0.25) is 0 Å². The molecule has 6 heteroatoms. The van der Waals surface area contributed by atoms with Gasteiger partial charge >= 0.3 is 0 Å². The first-order valence-electron chi connectivity index (χ1n) is 6.24. The zero-order chi connectivity index (χ0) is 13.1. The molecule has 3 aliphatic rings. The van der Waals surface area contributed by atoms with Crippen LogP contribution in [0.1, 0.15) is 27.7 Å². The molecule has 0 spiro atoms. The molecule has 3 rings (SSSR count). The van der Waals surface area contributed by atoms with Gasteiger partial charge in [0.25, 0.3) is 0 Å². The molecule has 3 aliphatic heterocycles. The third kappa shape index (κ3) is 2.20. The van der Waals surface area contributed by atoms with Crippen molar-refractivity contribution < 1.29 is 23.7 Å². The second-order valence-electron chi connectivity index (χ2n) is 5.86. The van der Waals surface area contributed by atoms with E-state index in [1.54, 1.807) is 0 Å². The SMILES string of the molecule is CC1(C)O[C@@H]2[C@H](O1)[C@H]1OC(C)(C)OC1O[C@@H]2CI. The molecule has 3 saturated heterocycles. The molecule has 0 radical (unpaired) electrons. The largest absolute Gasteiger partial charge is 0.343 e. The number of rotatable bonds is 1. The van der Waals surface area contributed by atoms with Crippen molar-refractivity contribution in [3.05, 3.63) is 0 Å². The molecule has 18 heavy (non-hydrogen) atoms. The van der Waals surface area contributed by atoms with Crippen LogP contribution in [0.5, 0.6) is 0 Å². The predicted molar refractivity (Wildman–Crippen MR) is 71.4 cm³/mol. The fraction of sp³-hybridized carbons (Fsp3) is 1.00. The second-order valence-corrected chi connectivity index (χ2v) is 6.74. The highest BCUT2D eigenvalue weighted by atomic mass is 127. The molecule has 3 fully saturated rings. The maximum atomic E-state index is 5.98. The lowest BCUT2D eigenvalue weighted by atomic mass is 10.0. The van der Waals surface area contributed by atoms with Crippen molar-refractivity contribution in [2.24, 2.45) is 0 Å². The van der Waals surface area contributed by atoms with Gasteiger partial charge in [-0.05, 0) is 27.7 Å². The Morgan fingerprint density at radius 1 is 0.833 bits per heavy atom. The summed E-state index contributed by atoms with van der Waals surface area (Å²) in [7, 11) is 0. The topological polar surface area (TPSA) is 46.2 Å². The van der Waals surface area contributed by atoms with Gasteiger partial charge in [0.15, 0.2) is 17.9 Å². The van der Waals surface area contributed by atoms with E-state index in [-0.39, 0.29) is 30.7 Å². The van der Waals surface area contributed by atoms with E-state index >= 15 is 0 Å². The van der Waals surface area contributed by atoms with Gasteiger partial charge in [0.2, 0.25) is 0 Å². The summed E-state index contributed by atoms with van der Waals surface area (Å²) < 4.78 is 30.4. The first kappa shape index (κ1) is 13.5. The monoisotopic (exact) mass is 370 g/mol. The Labute approximate surface area is 121 Å². The van der Waals surface area contributed by atoms with Gasteiger partial charge in [0.05, 0.1) is 6.10 Å². The maximum absolute atomic E-state index is 5.98. The number of alkyl halides is 1. The molecule has 0 amide bonds. The Morgan fingerprint density at radius 2 is 1.39 bits per heavy atom. The Hall–Kier alpha value is 0.530. The number of ether oxygens (including phenoxy) is 5. The van der Waals surface area contributed by atoms with Crippen LogP contribution in [0.2, 0.25) is 0 Å². The summed E-state index contributed by atoms with van der Waals surface area (Å²) in [4.78, 5) is 0. The van der Waals surface area contributed by atoms with Crippen molar-refractivity contribution >= 4 is 22.6 Å². The van der Waals surface area contributed by atoms with Gasteiger partial charge in [0, 0.05) is 4.43 Å². The van der Waals surface area contributed by atoms with Crippen molar-refractivity contribution in [1.29, 1.82) is 0 Å². The van der Waals surface area contributed by atoms with Crippen LogP contribution in [0.3, 0.4) is 0 Å². The average Bonchev–Trinajstić information content (AvgIpc) is 2.71. The van der Waals surface area contributed by atoms with Crippen LogP contribution in [0.15, 0.2) is 0 Å².